The van der Waals surface area contributed by atoms with Crippen molar-refractivity contribution in [3.05, 3.63) is 51.7 Å². The van der Waals surface area contributed by atoms with Gasteiger partial charge in [0.25, 0.3) is 0 Å². The number of hydrogen-bond donors (Lipinski definition) is 1. The van der Waals surface area contributed by atoms with E-state index in [1.54, 1.807) is 18.2 Å². The van der Waals surface area contributed by atoms with Gasteiger partial charge in [-0.1, -0.05) is 11.6 Å². The van der Waals surface area contributed by atoms with Gasteiger partial charge < -0.3 is 4.98 Å². The molecule has 0 atom stereocenters. The van der Waals surface area contributed by atoms with Crippen LogP contribution in [0.1, 0.15) is 0 Å². The molecule has 18 heavy (non-hydrogen) atoms. The first-order valence-electron chi connectivity index (χ1n) is 5.24. The predicted molar refractivity (Wildman–Crippen MR) is 74.2 cm³/mol. The Morgan fingerprint density at radius 2 is 1.89 bits per heavy atom. The molecular weight excluding hydrogens is 319 g/mol. The van der Waals surface area contributed by atoms with Crippen LogP contribution in [-0.2, 0) is 0 Å². The number of fused-ring (bicyclic) bond motifs is 1. The molecule has 0 aliphatic heterocycles. The van der Waals surface area contributed by atoms with Crippen molar-refractivity contribution >= 4 is 38.6 Å². The van der Waals surface area contributed by atoms with Gasteiger partial charge in [-0.05, 0) is 46.3 Å². The van der Waals surface area contributed by atoms with Gasteiger partial charge in [-0.3, -0.25) is 0 Å². The Labute approximate surface area is 116 Å². The van der Waals surface area contributed by atoms with Gasteiger partial charge in [-0.15, -0.1) is 0 Å². The minimum absolute atomic E-state index is 0.311. The summed E-state index contributed by atoms with van der Waals surface area (Å²) in [5.41, 5.74) is 2.29. The maximum absolute atomic E-state index is 13.4. The van der Waals surface area contributed by atoms with Crippen LogP contribution in [0.25, 0.3) is 22.4 Å². The van der Waals surface area contributed by atoms with Crippen molar-refractivity contribution in [3.8, 4) is 11.4 Å². The second kappa shape index (κ2) is 4.37. The highest BCUT2D eigenvalue weighted by molar-refractivity contribution is 9.10. The molecule has 0 amide bonds. The lowest BCUT2D eigenvalue weighted by Gasteiger charge is -1.95. The van der Waals surface area contributed by atoms with E-state index in [9.17, 15) is 4.39 Å². The maximum Gasteiger partial charge on any atom is 0.139 e. The van der Waals surface area contributed by atoms with Crippen molar-refractivity contribution < 1.29 is 4.39 Å². The zero-order chi connectivity index (χ0) is 12.7. The first kappa shape index (κ1) is 11.7. The quantitative estimate of drug-likeness (QED) is 0.685. The molecule has 2 aromatic carbocycles. The van der Waals surface area contributed by atoms with Crippen molar-refractivity contribution in [2.24, 2.45) is 0 Å². The van der Waals surface area contributed by atoms with Crippen LogP contribution in [0.4, 0.5) is 4.39 Å². The van der Waals surface area contributed by atoms with Crippen LogP contribution in [0, 0.1) is 5.82 Å². The second-order valence-electron chi connectivity index (χ2n) is 3.88. The largest absolute Gasteiger partial charge is 0.338 e. The summed E-state index contributed by atoms with van der Waals surface area (Å²) in [5.74, 6) is 0.382. The lowest BCUT2D eigenvalue weighted by Crippen LogP contribution is -1.78. The van der Waals surface area contributed by atoms with Crippen LogP contribution in [0.3, 0.4) is 0 Å². The molecule has 5 heteroatoms. The fourth-order valence-electron chi connectivity index (χ4n) is 1.75. The van der Waals surface area contributed by atoms with Gasteiger partial charge in [-0.25, -0.2) is 9.37 Å². The molecule has 0 aliphatic carbocycles. The van der Waals surface area contributed by atoms with Crippen LogP contribution in [0.5, 0.6) is 0 Å². The average molecular weight is 326 g/mol. The van der Waals surface area contributed by atoms with E-state index in [1.165, 1.54) is 6.07 Å². The number of rotatable bonds is 1. The number of halogens is 3. The van der Waals surface area contributed by atoms with E-state index in [2.05, 4.69) is 25.9 Å². The minimum atomic E-state index is -0.311. The molecule has 0 radical (unpaired) electrons. The van der Waals surface area contributed by atoms with Crippen molar-refractivity contribution in [1.82, 2.24) is 9.97 Å². The lowest BCUT2D eigenvalue weighted by molar-refractivity contribution is 0.623. The number of nitrogens with zero attached hydrogens (tertiary/aromatic N) is 1. The van der Waals surface area contributed by atoms with E-state index in [-0.39, 0.29) is 5.82 Å². The summed E-state index contributed by atoms with van der Waals surface area (Å²) in [5, 5.41) is 0.670. The van der Waals surface area contributed by atoms with Gasteiger partial charge in [0.15, 0.2) is 0 Å². The highest BCUT2D eigenvalue weighted by Gasteiger charge is 2.08. The van der Waals surface area contributed by atoms with Gasteiger partial charge >= 0.3 is 0 Å². The molecule has 0 aliphatic rings. The summed E-state index contributed by atoms with van der Waals surface area (Å²) in [6.07, 6.45) is 0. The Balaban J connectivity index is 2.16. The number of aromatic nitrogens is 2. The van der Waals surface area contributed by atoms with Gasteiger partial charge in [-0.2, -0.15) is 0 Å². The number of nitrogens with one attached hydrogen (secondary N) is 1. The fraction of sp³-hybridized carbons (Fsp3) is 0. The van der Waals surface area contributed by atoms with E-state index < -0.39 is 0 Å². The second-order valence-corrected chi connectivity index (χ2v) is 5.17. The Morgan fingerprint density at radius 1 is 1.17 bits per heavy atom. The summed E-state index contributed by atoms with van der Waals surface area (Å²) >= 11 is 8.98. The van der Waals surface area contributed by atoms with Gasteiger partial charge in [0.1, 0.15) is 11.6 Å². The first-order valence-corrected chi connectivity index (χ1v) is 6.41. The molecule has 0 spiro atoms. The molecule has 0 bridgehead atoms. The monoisotopic (exact) mass is 324 g/mol. The van der Waals surface area contributed by atoms with E-state index >= 15 is 0 Å². The number of hydrogen-bond acceptors (Lipinski definition) is 1. The van der Waals surface area contributed by atoms with Crippen LogP contribution in [0.15, 0.2) is 40.9 Å². The Bertz CT molecular complexity index is 683. The minimum Gasteiger partial charge on any atom is -0.338 e. The van der Waals surface area contributed by atoms with Gasteiger partial charge in [0.05, 0.1) is 15.5 Å². The standard InChI is InChI=1S/C13H7BrClFN2/c14-9-5-11-12(6-10(9)16)18-13(17-11)7-1-3-8(15)4-2-7/h1-6H,(H,17,18). The molecule has 1 aromatic heterocycles. The molecule has 0 unspecified atom stereocenters. The Hall–Kier alpha value is -1.39. The lowest BCUT2D eigenvalue weighted by atomic mass is 10.2. The summed E-state index contributed by atoms with van der Waals surface area (Å²) in [6, 6.07) is 10.4. The molecule has 3 rings (SSSR count). The Kier molecular flexibility index (Phi) is 2.84. The molecule has 0 saturated heterocycles. The number of H-pyrrole nitrogens is 1. The molecule has 0 fully saturated rings. The van der Waals surface area contributed by atoms with Gasteiger partial charge in [0.2, 0.25) is 0 Å². The summed E-state index contributed by atoms with van der Waals surface area (Å²) in [7, 11) is 0. The van der Waals surface area contributed by atoms with E-state index in [0.29, 0.717) is 26.4 Å². The molecular formula is C13H7BrClFN2. The van der Waals surface area contributed by atoms with Crippen molar-refractivity contribution in [1.29, 1.82) is 0 Å². The highest BCUT2D eigenvalue weighted by atomic mass is 79.9. The van der Waals surface area contributed by atoms with Crippen molar-refractivity contribution in [2.45, 2.75) is 0 Å². The molecule has 2 nitrogen and oxygen atoms in total. The number of imidazole rings is 1. The molecule has 90 valence electrons. The zero-order valence-electron chi connectivity index (χ0n) is 9.05. The first-order chi connectivity index (χ1) is 8.63. The van der Waals surface area contributed by atoms with Gasteiger partial charge in [0, 0.05) is 16.7 Å². The fourth-order valence-corrected chi connectivity index (χ4v) is 2.21. The number of benzene rings is 2. The summed E-state index contributed by atoms with van der Waals surface area (Å²) in [6.45, 7) is 0. The average Bonchev–Trinajstić information content (AvgIpc) is 2.73. The molecule has 3 aromatic rings. The highest BCUT2D eigenvalue weighted by Crippen LogP contribution is 2.25. The molecule has 1 heterocycles. The van der Waals surface area contributed by atoms with Crippen LogP contribution >= 0.6 is 27.5 Å². The van der Waals surface area contributed by atoms with E-state index in [1.807, 2.05) is 12.1 Å². The Morgan fingerprint density at radius 3 is 2.61 bits per heavy atom. The normalized spacial score (nSPS) is 11.1. The third kappa shape index (κ3) is 2.02. The third-order valence-corrected chi connectivity index (χ3v) is 3.50. The van der Waals surface area contributed by atoms with Crippen LogP contribution in [0.2, 0.25) is 5.02 Å². The topological polar surface area (TPSA) is 28.7 Å². The zero-order valence-corrected chi connectivity index (χ0v) is 11.4. The van der Waals surface area contributed by atoms with E-state index in [4.69, 9.17) is 11.6 Å². The third-order valence-electron chi connectivity index (χ3n) is 2.64. The van der Waals surface area contributed by atoms with Crippen molar-refractivity contribution in [3.63, 3.8) is 0 Å². The molecule has 1 N–H and O–H groups in total. The number of aromatic amines is 1. The SMILES string of the molecule is Fc1cc2[nH]c(-c3ccc(Cl)cc3)nc2cc1Br. The smallest absolute Gasteiger partial charge is 0.139 e. The van der Waals surface area contributed by atoms with Crippen molar-refractivity contribution in [2.75, 3.05) is 0 Å². The summed E-state index contributed by atoms with van der Waals surface area (Å²) < 4.78 is 13.8. The van der Waals surface area contributed by atoms with E-state index in [0.717, 1.165) is 5.56 Å². The predicted octanol–water partition coefficient (Wildman–Crippen LogP) is 4.78. The van der Waals surface area contributed by atoms with Crippen LogP contribution < -0.4 is 0 Å². The maximum atomic E-state index is 13.4. The summed E-state index contributed by atoms with van der Waals surface area (Å²) in [4.78, 5) is 7.50. The molecule has 0 saturated carbocycles. The van der Waals surface area contributed by atoms with Crippen LogP contribution in [-0.4, -0.2) is 9.97 Å².